The van der Waals surface area contributed by atoms with Crippen molar-refractivity contribution < 1.29 is 43.8 Å². The summed E-state index contributed by atoms with van der Waals surface area (Å²) in [6.07, 6.45) is -0.537. The van der Waals surface area contributed by atoms with Crippen LogP contribution in [0.3, 0.4) is 0 Å². The van der Waals surface area contributed by atoms with Gasteiger partial charge in [0.05, 0.1) is 13.0 Å². The van der Waals surface area contributed by atoms with Crippen LogP contribution in [0.4, 0.5) is 0 Å². The Morgan fingerprint density at radius 3 is 1.52 bits per heavy atom. The first-order valence-electron chi connectivity index (χ1n) is 18.0. The molecule has 0 aromatic heterocycles. The number of hydrogen-bond donors (Lipinski definition) is 11. The first-order valence-corrected chi connectivity index (χ1v) is 18.0. The van der Waals surface area contributed by atoms with Crippen LogP contribution < -0.4 is 49.5 Å². The molecule has 0 spiro atoms. The second kappa shape index (κ2) is 23.6. The molecule has 2 aromatic rings. The van der Waals surface area contributed by atoms with E-state index in [4.69, 9.17) is 22.9 Å². The number of guanidine groups is 1. The van der Waals surface area contributed by atoms with Gasteiger partial charge in [-0.3, -0.25) is 33.8 Å². The van der Waals surface area contributed by atoms with Gasteiger partial charge in [0.1, 0.15) is 36.3 Å². The number of aliphatic carboxylic acids is 1. The highest BCUT2D eigenvalue weighted by atomic mass is 16.4. The Hall–Kier alpha value is -6.08. The van der Waals surface area contributed by atoms with Crippen molar-refractivity contribution in [3.05, 3.63) is 71.8 Å². The van der Waals surface area contributed by atoms with Crippen molar-refractivity contribution in [3.8, 4) is 0 Å². The van der Waals surface area contributed by atoms with Gasteiger partial charge < -0.3 is 59.7 Å². The smallest absolute Gasteiger partial charge is 0.326 e. The molecule has 0 saturated carbocycles. The van der Waals surface area contributed by atoms with Crippen LogP contribution in [0.5, 0.6) is 0 Å². The molecule has 19 nitrogen and oxygen atoms in total. The molecule has 0 heterocycles. The third-order valence-electron chi connectivity index (χ3n) is 8.30. The molecule has 0 aliphatic rings. The summed E-state index contributed by atoms with van der Waals surface area (Å²) in [5, 5.41) is 31.7. The van der Waals surface area contributed by atoms with E-state index in [1.807, 2.05) is 0 Å². The molecule has 0 radical (unpaired) electrons. The van der Waals surface area contributed by atoms with Crippen LogP contribution in [-0.4, -0.2) is 107 Å². The number of aliphatic imine (C=N–C) groups is 1. The molecule has 306 valence electrons. The minimum Gasteiger partial charge on any atom is -0.480 e. The third-order valence-corrected chi connectivity index (χ3v) is 8.30. The molecule has 6 amide bonds. The van der Waals surface area contributed by atoms with Crippen LogP contribution in [-0.2, 0) is 46.4 Å². The van der Waals surface area contributed by atoms with Crippen molar-refractivity contribution in [3.63, 3.8) is 0 Å². The molecule has 0 aliphatic carbocycles. The molecule has 0 saturated heterocycles. The maximum Gasteiger partial charge on any atom is 0.326 e. The Bertz CT molecular complexity index is 1660. The van der Waals surface area contributed by atoms with E-state index in [1.165, 1.54) is 0 Å². The number of nitrogens with one attached hydrogen (secondary N) is 5. The van der Waals surface area contributed by atoms with Gasteiger partial charge >= 0.3 is 5.97 Å². The molecule has 2 aromatic carbocycles. The number of carboxylic acid groups (broad SMARTS) is 1. The molecule has 0 bridgehead atoms. The number of rotatable bonds is 24. The van der Waals surface area contributed by atoms with Crippen molar-refractivity contribution in [2.75, 3.05) is 13.2 Å². The predicted molar refractivity (Wildman–Crippen MR) is 206 cm³/mol. The minimum atomic E-state index is -1.68. The first kappa shape index (κ1) is 46.1. The summed E-state index contributed by atoms with van der Waals surface area (Å²) in [6, 6.07) is 9.41. The van der Waals surface area contributed by atoms with E-state index in [1.54, 1.807) is 74.5 Å². The Balaban J connectivity index is 2.42. The van der Waals surface area contributed by atoms with E-state index in [9.17, 15) is 43.8 Å². The van der Waals surface area contributed by atoms with Crippen molar-refractivity contribution in [1.29, 1.82) is 0 Å². The zero-order valence-corrected chi connectivity index (χ0v) is 31.5. The Kier molecular flexibility index (Phi) is 19.5. The standard InChI is InChI=1S/C37H54N10O9/c1-21(2)16-26(33(52)43-25(14-9-15-42-37(40)41)32(51)47-29(36(55)56)19-30(39)49)45-35(54)28(18-23-12-7-4-8-13-23)46-34(53)27(44-31(50)24(38)20-48)17-22-10-5-3-6-11-22/h3-8,10-13,21,24-29,48H,9,14-20,38H2,1-2H3,(H2,39,49)(H,43,52)(H,44,50)(H,45,54)(H,46,53)(H,47,51)(H,55,56)(H4,40,41,42)/t24-,25+,26+,27+,28+,29-/m1/s1. The zero-order chi connectivity index (χ0) is 41.8. The van der Waals surface area contributed by atoms with Crippen LogP contribution in [0.2, 0.25) is 0 Å². The number of carbonyl (C=O) groups is 7. The number of nitrogens with zero attached hydrogens (tertiary/aromatic N) is 1. The van der Waals surface area contributed by atoms with E-state index in [0.29, 0.717) is 11.1 Å². The highest BCUT2D eigenvalue weighted by Crippen LogP contribution is 2.11. The van der Waals surface area contributed by atoms with Gasteiger partial charge in [-0.15, -0.1) is 0 Å². The number of primary amides is 1. The number of amides is 6. The van der Waals surface area contributed by atoms with Gasteiger partial charge in [-0.05, 0) is 36.3 Å². The van der Waals surface area contributed by atoms with E-state index >= 15 is 0 Å². The van der Waals surface area contributed by atoms with E-state index in [-0.39, 0.29) is 50.5 Å². The maximum absolute atomic E-state index is 14.1. The van der Waals surface area contributed by atoms with Gasteiger partial charge in [-0.25, -0.2) is 4.79 Å². The third kappa shape index (κ3) is 16.9. The summed E-state index contributed by atoms with van der Waals surface area (Å²) in [7, 11) is 0. The predicted octanol–water partition coefficient (Wildman–Crippen LogP) is -2.72. The Morgan fingerprint density at radius 1 is 0.643 bits per heavy atom. The molecular formula is C37H54N10O9. The van der Waals surface area contributed by atoms with Gasteiger partial charge in [0, 0.05) is 19.4 Å². The average molecular weight is 783 g/mol. The van der Waals surface area contributed by atoms with Gasteiger partial charge in [0.15, 0.2) is 5.96 Å². The molecule has 19 heteroatoms. The summed E-state index contributed by atoms with van der Waals surface area (Å²) in [5.41, 5.74) is 23.0. The minimum absolute atomic E-state index is 0.0173. The van der Waals surface area contributed by atoms with Gasteiger partial charge in [0.2, 0.25) is 35.4 Å². The lowest BCUT2D eigenvalue weighted by Crippen LogP contribution is -2.60. The summed E-state index contributed by atoms with van der Waals surface area (Å²) < 4.78 is 0. The van der Waals surface area contributed by atoms with Crippen molar-refractivity contribution >= 4 is 47.4 Å². The fourth-order valence-electron chi connectivity index (χ4n) is 5.45. The molecule has 0 aliphatic heterocycles. The van der Waals surface area contributed by atoms with Crippen molar-refractivity contribution in [1.82, 2.24) is 26.6 Å². The average Bonchev–Trinajstić information content (AvgIpc) is 3.14. The van der Waals surface area contributed by atoms with Gasteiger partial charge in [0.25, 0.3) is 0 Å². The van der Waals surface area contributed by atoms with Crippen molar-refractivity contribution in [2.24, 2.45) is 33.8 Å². The van der Waals surface area contributed by atoms with Crippen LogP contribution >= 0.6 is 0 Å². The fourth-order valence-corrected chi connectivity index (χ4v) is 5.45. The SMILES string of the molecule is CC(C)C[C@H](NC(=O)[C@H](Cc1ccccc1)NC(=O)[C@H](Cc1ccccc1)NC(=O)[C@H](N)CO)C(=O)N[C@@H](CCCN=C(N)N)C(=O)N[C@H](CC(N)=O)C(=O)O. The summed E-state index contributed by atoms with van der Waals surface area (Å²) in [6.45, 7) is 2.99. The van der Waals surface area contributed by atoms with Crippen LogP contribution in [0, 0.1) is 5.92 Å². The van der Waals surface area contributed by atoms with Crippen LogP contribution in [0.1, 0.15) is 50.7 Å². The fraction of sp³-hybridized carbons (Fsp3) is 0.459. The topological polar surface area (TPSA) is 337 Å². The second-order valence-corrected chi connectivity index (χ2v) is 13.6. The largest absolute Gasteiger partial charge is 0.480 e. The lowest BCUT2D eigenvalue weighted by molar-refractivity contribution is -0.143. The number of carboxylic acids is 1. The number of hydrogen-bond acceptors (Lipinski definition) is 10. The normalized spacial score (nSPS) is 14.1. The van der Waals surface area contributed by atoms with Gasteiger partial charge in [-0.1, -0.05) is 74.5 Å². The molecule has 56 heavy (non-hydrogen) atoms. The van der Waals surface area contributed by atoms with E-state index in [0.717, 1.165) is 0 Å². The molecular weight excluding hydrogens is 728 g/mol. The molecule has 2 rings (SSSR count). The monoisotopic (exact) mass is 782 g/mol. The molecule has 15 N–H and O–H groups in total. The summed E-state index contributed by atoms with van der Waals surface area (Å²) in [4.78, 5) is 94.9. The van der Waals surface area contributed by atoms with Crippen LogP contribution in [0.15, 0.2) is 65.7 Å². The first-order chi connectivity index (χ1) is 26.5. The summed E-state index contributed by atoms with van der Waals surface area (Å²) in [5.74, 6) is -6.91. The van der Waals surface area contributed by atoms with E-state index in [2.05, 4.69) is 31.6 Å². The highest BCUT2D eigenvalue weighted by molar-refractivity contribution is 5.97. The zero-order valence-electron chi connectivity index (χ0n) is 31.5. The maximum atomic E-state index is 14.1. The number of carbonyl (C=O) groups excluding carboxylic acids is 6. The van der Waals surface area contributed by atoms with Crippen LogP contribution in [0.25, 0.3) is 0 Å². The molecule has 0 unspecified atom stereocenters. The second-order valence-electron chi connectivity index (χ2n) is 13.6. The molecule has 6 atom stereocenters. The Morgan fingerprint density at radius 2 is 1.07 bits per heavy atom. The molecule has 0 fully saturated rings. The lowest BCUT2D eigenvalue weighted by Gasteiger charge is -2.28. The van der Waals surface area contributed by atoms with E-state index < -0.39 is 90.7 Å². The number of aliphatic hydroxyl groups excluding tert-OH is 1. The highest BCUT2D eigenvalue weighted by Gasteiger charge is 2.33. The summed E-state index contributed by atoms with van der Waals surface area (Å²) >= 11 is 0. The number of aliphatic hydroxyl groups is 1. The quantitative estimate of drug-likeness (QED) is 0.0294. The van der Waals surface area contributed by atoms with Crippen molar-refractivity contribution in [2.45, 2.75) is 88.6 Å². The Labute approximate surface area is 324 Å². The number of benzene rings is 2. The number of nitrogens with two attached hydrogens (primary N) is 4. The van der Waals surface area contributed by atoms with Gasteiger partial charge in [-0.2, -0.15) is 0 Å². The lowest BCUT2D eigenvalue weighted by atomic mass is 9.99.